The minimum Gasteiger partial charge on any atom is -0.493 e. The number of esters is 1. The number of benzene rings is 2. The summed E-state index contributed by atoms with van der Waals surface area (Å²) >= 11 is 0. The second-order valence-corrected chi connectivity index (χ2v) is 8.40. The van der Waals surface area contributed by atoms with Gasteiger partial charge in [-0.3, -0.25) is 14.6 Å². The maximum atomic E-state index is 13.5. The van der Waals surface area contributed by atoms with Gasteiger partial charge in [-0.15, -0.1) is 0 Å². The van der Waals surface area contributed by atoms with Crippen molar-refractivity contribution < 1.29 is 28.5 Å². The summed E-state index contributed by atoms with van der Waals surface area (Å²) in [5.41, 5.74) is 3.56. The SMILES string of the molecule is COc1cc([C@H]2C3=C(CCCC3=O)N=C(C)C2C(=O)OCc2ccccc2)cc(OC)c1OC. The van der Waals surface area contributed by atoms with Crippen molar-refractivity contribution in [1.29, 1.82) is 0 Å². The predicted octanol–water partition coefficient (Wildman–Crippen LogP) is 4.64. The van der Waals surface area contributed by atoms with Crippen LogP contribution in [0.5, 0.6) is 17.2 Å². The Labute approximate surface area is 199 Å². The molecule has 1 aliphatic carbocycles. The molecule has 178 valence electrons. The topological polar surface area (TPSA) is 83.4 Å². The molecule has 1 unspecified atom stereocenters. The molecule has 0 amide bonds. The monoisotopic (exact) mass is 463 g/mol. The molecule has 2 aromatic carbocycles. The van der Waals surface area contributed by atoms with Crippen molar-refractivity contribution in [2.24, 2.45) is 10.9 Å². The van der Waals surface area contributed by atoms with Crippen LogP contribution in [0, 0.1) is 5.92 Å². The van der Waals surface area contributed by atoms with Crippen LogP contribution < -0.4 is 14.2 Å². The number of rotatable bonds is 7. The zero-order chi connectivity index (χ0) is 24.2. The molecule has 1 heterocycles. The van der Waals surface area contributed by atoms with Gasteiger partial charge < -0.3 is 18.9 Å². The van der Waals surface area contributed by atoms with Crippen LogP contribution in [0.25, 0.3) is 0 Å². The molecule has 4 rings (SSSR count). The Bertz CT molecular complexity index is 1130. The summed E-state index contributed by atoms with van der Waals surface area (Å²) in [4.78, 5) is 31.3. The van der Waals surface area contributed by atoms with Crippen LogP contribution in [0.2, 0.25) is 0 Å². The molecule has 0 N–H and O–H groups in total. The van der Waals surface area contributed by atoms with Gasteiger partial charge in [0.25, 0.3) is 0 Å². The van der Waals surface area contributed by atoms with Crippen molar-refractivity contribution in [2.75, 3.05) is 21.3 Å². The number of carbonyl (C=O) groups is 2. The van der Waals surface area contributed by atoms with Crippen LogP contribution in [0.3, 0.4) is 0 Å². The van der Waals surface area contributed by atoms with Crippen molar-refractivity contribution in [3.63, 3.8) is 0 Å². The second kappa shape index (κ2) is 10.1. The number of hydrogen-bond acceptors (Lipinski definition) is 7. The zero-order valence-corrected chi connectivity index (χ0v) is 19.9. The summed E-state index contributed by atoms with van der Waals surface area (Å²) in [7, 11) is 4.61. The van der Waals surface area contributed by atoms with E-state index in [1.807, 2.05) is 37.3 Å². The number of nitrogens with zero attached hydrogens (tertiary/aromatic N) is 1. The van der Waals surface area contributed by atoms with Gasteiger partial charge >= 0.3 is 5.97 Å². The van der Waals surface area contributed by atoms with Crippen LogP contribution >= 0.6 is 0 Å². The zero-order valence-electron chi connectivity index (χ0n) is 19.9. The number of hydrogen-bond donors (Lipinski definition) is 0. The standard InChI is InChI=1S/C27H29NO6/c1-16-23(27(30)34-15-17-9-6-5-7-10-17)24(25-19(28-16)11-8-12-20(25)29)18-13-21(31-2)26(33-4)22(14-18)32-3/h5-7,9-10,13-14,23-24H,8,11-12,15H2,1-4H3/t23?,24-/m1/s1. The third-order valence-corrected chi connectivity index (χ3v) is 6.36. The molecule has 0 radical (unpaired) electrons. The number of allylic oxidation sites excluding steroid dienone is 2. The summed E-state index contributed by atoms with van der Waals surface area (Å²) in [6.45, 7) is 1.97. The fraction of sp³-hybridized carbons (Fsp3) is 0.370. The molecule has 2 atom stereocenters. The van der Waals surface area contributed by atoms with Crippen LogP contribution in [-0.4, -0.2) is 38.8 Å². The maximum absolute atomic E-state index is 13.5. The molecule has 7 nitrogen and oxygen atoms in total. The van der Waals surface area contributed by atoms with Crippen molar-refractivity contribution >= 4 is 17.5 Å². The van der Waals surface area contributed by atoms with E-state index in [1.165, 1.54) is 21.3 Å². The number of ether oxygens (including phenoxy) is 4. The van der Waals surface area contributed by atoms with Crippen LogP contribution in [-0.2, 0) is 20.9 Å². The van der Waals surface area contributed by atoms with E-state index < -0.39 is 17.8 Å². The van der Waals surface area contributed by atoms with Crippen LogP contribution in [0.1, 0.15) is 43.2 Å². The van der Waals surface area contributed by atoms with Crippen molar-refractivity contribution in [1.82, 2.24) is 0 Å². The maximum Gasteiger partial charge on any atom is 0.315 e. The fourth-order valence-corrected chi connectivity index (χ4v) is 4.77. The predicted molar refractivity (Wildman–Crippen MR) is 128 cm³/mol. The average molecular weight is 464 g/mol. The fourth-order valence-electron chi connectivity index (χ4n) is 4.77. The molecule has 0 bridgehead atoms. The van der Waals surface area contributed by atoms with Gasteiger partial charge in [0.2, 0.25) is 5.75 Å². The van der Waals surface area contributed by atoms with Gasteiger partial charge in [-0.25, -0.2) is 0 Å². The third kappa shape index (κ3) is 4.42. The van der Waals surface area contributed by atoms with Gasteiger partial charge in [0, 0.05) is 29.3 Å². The molecule has 2 aliphatic rings. The molecular formula is C27H29NO6. The largest absolute Gasteiger partial charge is 0.493 e. The Morgan fingerprint density at radius 3 is 2.29 bits per heavy atom. The van der Waals surface area contributed by atoms with E-state index in [-0.39, 0.29) is 12.4 Å². The van der Waals surface area contributed by atoms with E-state index in [1.54, 1.807) is 12.1 Å². The lowest BCUT2D eigenvalue weighted by atomic mass is 9.71. The molecule has 2 aromatic rings. The van der Waals surface area contributed by atoms with Crippen molar-refractivity contribution in [2.45, 2.75) is 38.7 Å². The smallest absolute Gasteiger partial charge is 0.315 e. The Hall–Kier alpha value is -3.61. The Kier molecular flexibility index (Phi) is 7.01. The molecule has 0 spiro atoms. The van der Waals surface area contributed by atoms with Crippen LogP contribution in [0.4, 0.5) is 0 Å². The summed E-state index contributed by atoms with van der Waals surface area (Å²) in [6, 6.07) is 13.1. The summed E-state index contributed by atoms with van der Waals surface area (Å²) in [5, 5.41) is 0. The lowest BCUT2D eigenvalue weighted by molar-refractivity contribution is -0.148. The minimum absolute atomic E-state index is 0.0112. The Morgan fingerprint density at radius 1 is 1.00 bits per heavy atom. The highest BCUT2D eigenvalue weighted by Crippen LogP contribution is 2.48. The first kappa shape index (κ1) is 23.5. The van der Waals surface area contributed by atoms with Gasteiger partial charge in [0.1, 0.15) is 12.5 Å². The molecule has 0 fully saturated rings. The van der Waals surface area contributed by atoms with Gasteiger partial charge in [-0.1, -0.05) is 30.3 Å². The number of methoxy groups -OCH3 is 3. The second-order valence-electron chi connectivity index (χ2n) is 8.40. The molecule has 0 saturated heterocycles. The molecular weight excluding hydrogens is 434 g/mol. The van der Waals surface area contributed by atoms with E-state index in [9.17, 15) is 9.59 Å². The highest BCUT2D eigenvalue weighted by atomic mass is 16.5. The normalized spacial score (nSPS) is 19.8. The number of carbonyl (C=O) groups excluding carboxylic acids is 2. The van der Waals surface area contributed by atoms with E-state index in [2.05, 4.69) is 0 Å². The Balaban J connectivity index is 1.79. The minimum atomic E-state index is -0.743. The summed E-state index contributed by atoms with van der Waals surface area (Å²) in [5.74, 6) is -0.351. The average Bonchev–Trinajstić information content (AvgIpc) is 2.86. The van der Waals surface area contributed by atoms with E-state index in [0.29, 0.717) is 46.9 Å². The lowest BCUT2D eigenvalue weighted by Crippen LogP contribution is -2.37. The van der Waals surface area contributed by atoms with E-state index in [4.69, 9.17) is 23.9 Å². The van der Waals surface area contributed by atoms with Gasteiger partial charge in [-0.2, -0.15) is 0 Å². The first-order valence-corrected chi connectivity index (χ1v) is 11.3. The first-order valence-electron chi connectivity index (χ1n) is 11.3. The molecule has 0 aromatic heterocycles. The van der Waals surface area contributed by atoms with Gasteiger partial charge in [0.15, 0.2) is 17.3 Å². The van der Waals surface area contributed by atoms with Crippen LogP contribution in [0.15, 0.2) is 58.7 Å². The van der Waals surface area contributed by atoms with E-state index in [0.717, 1.165) is 17.7 Å². The molecule has 1 aliphatic heterocycles. The number of ketones is 1. The molecule has 7 heteroatoms. The highest BCUT2D eigenvalue weighted by Gasteiger charge is 2.43. The van der Waals surface area contributed by atoms with Gasteiger partial charge in [0.05, 0.1) is 21.3 Å². The third-order valence-electron chi connectivity index (χ3n) is 6.36. The molecule has 0 saturated carbocycles. The van der Waals surface area contributed by atoms with Crippen molar-refractivity contribution in [3.8, 4) is 17.2 Å². The quantitative estimate of drug-likeness (QED) is 0.557. The number of aliphatic imine (C=N–C) groups is 1. The Morgan fingerprint density at radius 2 is 1.68 bits per heavy atom. The lowest BCUT2D eigenvalue weighted by Gasteiger charge is -2.34. The van der Waals surface area contributed by atoms with Crippen molar-refractivity contribution in [3.05, 3.63) is 64.9 Å². The number of Topliss-reactive ketones (excluding diaryl/α,β-unsaturated/α-hetero) is 1. The summed E-state index contributed by atoms with van der Waals surface area (Å²) in [6.07, 6.45) is 1.88. The summed E-state index contributed by atoms with van der Waals surface area (Å²) < 4.78 is 22.3. The van der Waals surface area contributed by atoms with Gasteiger partial charge in [-0.05, 0) is 43.0 Å². The first-order chi connectivity index (χ1) is 16.5. The molecule has 34 heavy (non-hydrogen) atoms. The highest BCUT2D eigenvalue weighted by molar-refractivity contribution is 6.08. The van der Waals surface area contributed by atoms with E-state index >= 15 is 0 Å².